The van der Waals surface area contributed by atoms with Crippen molar-refractivity contribution in [2.75, 3.05) is 6.54 Å². The SMILES string of the molecule is CCCNC(=O)c1cc(-c2ccc(C(N)=O)cc2)c(C)cc1CC1CC1. The molecule has 1 aliphatic carbocycles. The molecule has 0 radical (unpaired) electrons. The van der Waals surface area contributed by atoms with Gasteiger partial charge in [-0.3, -0.25) is 9.59 Å². The van der Waals surface area contributed by atoms with E-state index < -0.39 is 5.91 Å². The Morgan fingerprint density at radius 1 is 1.15 bits per heavy atom. The van der Waals surface area contributed by atoms with Crippen LogP contribution in [0.1, 0.15) is 58.0 Å². The summed E-state index contributed by atoms with van der Waals surface area (Å²) in [4.78, 5) is 24.0. The molecule has 2 amide bonds. The van der Waals surface area contributed by atoms with Crippen LogP contribution in [-0.2, 0) is 6.42 Å². The minimum Gasteiger partial charge on any atom is -0.366 e. The molecule has 1 saturated carbocycles. The fraction of sp³-hybridized carbons (Fsp3) is 0.364. The third kappa shape index (κ3) is 4.13. The number of aryl methyl sites for hydroxylation is 1. The predicted octanol–water partition coefficient (Wildman–Crippen LogP) is 3.85. The Morgan fingerprint density at radius 2 is 1.85 bits per heavy atom. The molecule has 0 saturated heterocycles. The molecule has 2 aromatic carbocycles. The van der Waals surface area contributed by atoms with Crippen LogP contribution >= 0.6 is 0 Å². The van der Waals surface area contributed by atoms with Gasteiger partial charge in [-0.15, -0.1) is 0 Å². The monoisotopic (exact) mass is 350 g/mol. The van der Waals surface area contributed by atoms with Gasteiger partial charge in [-0.05, 0) is 79.0 Å². The minimum atomic E-state index is -0.437. The number of hydrogen-bond donors (Lipinski definition) is 2. The Balaban J connectivity index is 1.99. The van der Waals surface area contributed by atoms with Crippen LogP contribution in [0.2, 0.25) is 0 Å². The van der Waals surface area contributed by atoms with E-state index in [-0.39, 0.29) is 5.91 Å². The number of primary amides is 1. The Morgan fingerprint density at radius 3 is 2.42 bits per heavy atom. The molecule has 0 atom stereocenters. The molecule has 2 aromatic rings. The highest BCUT2D eigenvalue weighted by molar-refractivity contribution is 5.97. The largest absolute Gasteiger partial charge is 0.366 e. The van der Waals surface area contributed by atoms with Gasteiger partial charge in [-0.25, -0.2) is 0 Å². The van der Waals surface area contributed by atoms with Gasteiger partial charge in [0.2, 0.25) is 5.91 Å². The first-order chi connectivity index (χ1) is 12.5. The highest BCUT2D eigenvalue weighted by atomic mass is 16.2. The van der Waals surface area contributed by atoms with E-state index in [1.54, 1.807) is 12.1 Å². The van der Waals surface area contributed by atoms with Crippen molar-refractivity contribution in [2.24, 2.45) is 11.7 Å². The number of amides is 2. The number of carbonyl (C=O) groups is 2. The molecule has 26 heavy (non-hydrogen) atoms. The van der Waals surface area contributed by atoms with Crippen LogP contribution < -0.4 is 11.1 Å². The summed E-state index contributed by atoms with van der Waals surface area (Å²) in [6.45, 7) is 4.80. The molecule has 4 nitrogen and oxygen atoms in total. The van der Waals surface area contributed by atoms with Crippen molar-refractivity contribution < 1.29 is 9.59 Å². The quantitative estimate of drug-likeness (QED) is 0.796. The molecule has 3 rings (SSSR count). The summed E-state index contributed by atoms with van der Waals surface area (Å²) in [7, 11) is 0. The zero-order chi connectivity index (χ0) is 18.7. The van der Waals surface area contributed by atoms with Crippen LogP contribution in [0.25, 0.3) is 11.1 Å². The summed E-state index contributed by atoms with van der Waals surface area (Å²) in [5.74, 6) is 0.276. The van der Waals surface area contributed by atoms with Crippen molar-refractivity contribution in [1.82, 2.24) is 5.32 Å². The van der Waals surface area contributed by atoms with Gasteiger partial charge in [0.05, 0.1) is 0 Å². The molecule has 0 bridgehead atoms. The van der Waals surface area contributed by atoms with Crippen molar-refractivity contribution in [1.29, 1.82) is 0 Å². The van der Waals surface area contributed by atoms with Gasteiger partial charge < -0.3 is 11.1 Å². The molecule has 0 unspecified atom stereocenters. The lowest BCUT2D eigenvalue weighted by atomic mass is 9.91. The van der Waals surface area contributed by atoms with Crippen LogP contribution in [0.5, 0.6) is 0 Å². The molecule has 0 aromatic heterocycles. The Bertz CT molecular complexity index is 821. The van der Waals surface area contributed by atoms with Crippen molar-refractivity contribution in [2.45, 2.75) is 39.5 Å². The van der Waals surface area contributed by atoms with E-state index in [1.165, 1.54) is 12.8 Å². The van der Waals surface area contributed by atoms with Gasteiger partial charge in [0.25, 0.3) is 5.91 Å². The number of carbonyl (C=O) groups excluding carboxylic acids is 2. The molecular formula is C22H26N2O2. The highest BCUT2D eigenvalue weighted by Crippen LogP contribution is 2.35. The maximum absolute atomic E-state index is 12.7. The Kier molecular flexibility index (Phi) is 5.40. The first-order valence-electron chi connectivity index (χ1n) is 9.31. The molecule has 3 N–H and O–H groups in total. The summed E-state index contributed by atoms with van der Waals surface area (Å²) in [5, 5.41) is 3.00. The van der Waals surface area contributed by atoms with E-state index in [0.717, 1.165) is 40.7 Å². The van der Waals surface area contributed by atoms with E-state index >= 15 is 0 Å². The van der Waals surface area contributed by atoms with E-state index in [0.29, 0.717) is 18.0 Å². The maximum atomic E-state index is 12.7. The second-order valence-corrected chi connectivity index (χ2v) is 7.17. The molecule has 1 aliphatic rings. The summed E-state index contributed by atoms with van der Waals surface area (Å²) in [6.07, 6.45) is 4.39. The zero-order valence-electron chi connectivity index (χ0n) is 15.5. The Labute approximate surface area is 154 Å². The minimum absolute atomic E-state index is 0.00231. The van der Waals surface area contributed by atoms with E-state index in [1.807, 2.05) is 25.1 Å². The lowest BCUT2D eigenvalue weighted by molar-refractivity contribution is 0.0951. The van der Waals surface area contributed by atoms with Crippen molar-refractivity contribution in [3.8, 4) is 11.1 Å². The third-order valence-electron chi connectivity index (χ3n) is 4.92. The lowest BCUT2D eigenvalue weighted by Crippen LogP contribution is -2.25. The summed E-state index contributed by atoms with van der Waals surface area (Å²) >= 11 is 0. The summed E-state index contributed by atoms with van der Waals surface area (Å²) in [5.41, 5.74) is 10.8. The number of benzene rings is 2. The zero-order valence-corrected chi connectivity index (χ0v) is 15.5. The first kappa shape index (κ1) is 18.2. The van der Waals surface area contributed by atoms with Crippen LogP contribution in [0.3, 0.4) is 0 Å². The fourth-order valence-corrected chi connectivity index (χ4v) is 3.24. The van der Waals surface area contributed by atoms with Gasteiger partial charge >= 0.3 is 0 Å². The third-order valence-corrected chi connectivity index (χ3v) is 4.92. The van der Waals surface area contributed by atoms with Gasteiger partial charge in [0.15, 0.2) is 0 Å². The number of hydrogen-bond acceptors (Lipinski definition) is 2. The molecule has 0 aliphatic heterocycles. The van der Waals surface area contributed by atoms with E-state index in [2.05, 4.69) is 18.3 Å². The Hall–Kier alpha value is -2.62. The summed E-state index contributed by atoms with van der Waals surface area (Å²) in [6, 6.07) is 11.4. The number of rotatable bonds is 7. The van der Waals surface area contributed by atoms with Crippen LogP contribution in [0.15, 0.2) is 36.4 Å². The number of nitrogens with two attached hydrogens (primary N) is 1. The highest BCUT2D eigenvalue weighted by Gasteiger charge is 2.25. The van der Waals surface area contributed by atoms with E-state index in [9.17, 15) is 9.59 Å². The molecule has 136 valence electrons. The van der Waals surface area contributed by atoms with Crippen LogP contribution in [0, 0.1) is 12.8 Å². The van der Waals surface area contributed by atoms with Crippen molar-refractivity contribution >= 4 is 11.8 Å². The van der Waals surface area contributed by atoms with Gasteiger partial charge in [0.1, 0.15) is 0 Å². The van der Waals surface area contributed by atoms with Crippen molar-refractivity contribution in [3.63, 3.8) is 0 Å². The van der Waals surface area contributed by atoms with Crippen LogP contribution in [0.4, 0.5) is 0 Å². The first-order valence-corrected chi connectivity index (χ1v) is 9.31. The molecule has 4 heteroatoms. The second-order valence-electron chi connectivity index (χ2n) is 7.17. The summed E-state index contributed by atoms with van der Waals surface area (Å²) < 4.78 is 0. The smallest absolute Gasteiger partial charge is 0.251 e. The maximum Gasteiger partial charge on any atom is 0.251 e. The van der Waals surface area contributed by atoms with E-state index in [4.69, 9.17) is 5.73 Å². The van der Waals surface area contributed by atoms with Crippen LogP contribution in [-0.4, -0.2) is 18.4 Å². The predicted molar refractivity (Wildman–Crippen MR) is 104 cm³/mol. The van der Waals surface area contributed by atoms with Gasteiger partial charge in [-0.2, -0.15) is 0 Å². The molecule has 0 spiro atoms. The fourth-order valence-electron chi connectivity index (χ4n) is 3.24. The van der Waals surface area contributed by atoms with Gasteiger partial charge in [0, 0.05) is 17.7 Å². The van der Waals surface area contributed by atoms with Crippen molar-refractivity contribution in [3.05, 3.63) is 58.7 Å². The lowest BCUT2D eigenvalue weighted by Gasteiger charge is -2.15. The topological polar surface area (TPSA) is 72.2 Å². The molecular weight excluding hydrogens is 324 g/mol. The second kappa shape index (κ2) is 7.73. The average Bonchev–Trinajstić information content (AvgIpc) is 3.44. The standard InChI is InChI=1S/C22H26N2O2/c1-3-10-24-22(26)20-13-19(14(2)11-18(20)12-15-4-5-15)16-6-8-17(9-7-16)21(23)25/h6-9,11,13,15H,3-5,10,12H2,1-2H3,(H2,23,25)(H,24,26). The average molecular weight is 350 g/mol. The number of nitrogens with one attached hydrogen (secondary N) is 1. The molecule has 0 heterocycles. The molecule has 1 fully saturated rings. The normalized spacial score (nSPS) is 13.5. The van der Waals surface area contributed by atoms with Gasteiger partial charge in [-0.1, -0.05) is 25.1 Å².